The molecule has 22 heavy (non-hydrogen) atoms. The largest absolute Gasteiger partial charge is 0.381 e. The highest BCUT2D eigenvalue weighted by atomic mass is 16.5. The van der Waals surface area contributed by atoms with E-state index in [9.17, 15) is 4.79 Å². The zero-order valence-electron chi connectivity index (χ0n) is 12.9. The fraction of sp³-hybridized carbons (Fsp3) is 0.438. The van der Waals surface area contributed by atoms with Gasteiger partial charge in [-0.3, -0.25) is 4.79 Å². The number of ether oxygens (including phenoxy) is 1. The minimum Gasteiger partial charge on any atom is -0.381 e. The van der Waals surface area contributed by atoms with Gasteiger partial charge in [0.2, 0.25) is 5.91 Å². The van der Waals surface area contributed by atoms with Gasteiger partial charge in [0.25, 0.3) is 0 Å². The van der Waals surface area contributed by atoms with Crippen molar-refractivity contribution in [2.75, 3.05) is 13.2 Å². The summed E-state index contributed by atoms with van der Waals surface area (Å²) in [5, 5.41) is 4.52. The van der Waals surface area contributed by atoms with Crippen molar-refractivity contribution in [1.82, 2.24) is 14.8 Å². The van der Waals surface area contributed by atoms with Gasteiger partial charge in [0, 0.05) is 12.5 Å². The van der Waals surface area contributed by atoms with Crippen molar-refractivity contribution < 1.29 is 9.53 Å². The van der Waals surface area contributed by atoms with Gasteiger partial charge in [0.1, 0.15) is 5.82 Å². The highest BCUT2D eigenvalue weighted by Crippen LogP contribution is 2.27. The third kappa shape index (κ3) is 2.87. The molecule has 2 N–H and O–H groups in total. The Morgan fingerprint density at radius 3 is 2.95 bits per heavy atom. The van der Waals surface area contributed by atoms with E-state index in [0.717, 1.165) is 35.7 Å². The first kappa shape index (κ1) is 14.7. The summed E-state index contributed by atoms with van der Waals surface area (Å²) in [4.78, 5) is 15.7. The van der Waals surface area contributed by atoms with Crippen LogP contribution >= 0.6 is 0 Å². The predicted octanol–water partition coefficient (Wildman–Crippen LogP) is 1.42. The van der Waals surface area contributed by atoms with Gasteiger partial charge in [0.15, 0.2) is 5.82 Å². The Labute approximate surface area is 129 Å². The van der Waals surface area contributed by atoms with E-state index < -0.39 is 5.91 Å². The molecule has 0 radical (unpaired) electrons. The van der Waals surface area contributed by atoms with Gasteiger partial charge in [0.05, 0.1) is 18.7 Å². The van der Waals surface area contributed by atoms with Crippen molar-refractivity contribution in [3.8, 4) is 5.69 Å². The number of aromatic nitrogens is 3. The monoisotopic (exact) mass is 300 g/mol. The van der Waals surface area contributed by atoms with Crippen LogP contribution in [0.15, 0.2) is 18.2 Å². The van der Waals surface area contributed by atoms with Crippen molar-refractivity contribution in [1.29, 1.82) is 0 Å². The molecule has 6 heteroatoms. The Balaban J connectivity index is 2.09. The second kappa shape index (κ2) is 5.88. The average molecular weight is 300 g/mol. The van der Waals surface area contributed by atoms with E-state index in [-0.39, 0.29) is 12.3 Å². The van der Waals surface area contributed by atoms with E-state index >= 15 is 0 Å². The highest BCUT2D eigenvalue weighted by molar-refractivity contribution is 5.75. The number of nitrogens with two attached hydrogens (primary N) is 1. The molecule has 1 aromatic carbocycles. The van der Waals surface area contributed by atoms with Crippen molar-refractivity contribution >= 4 is 5.91 Å². The van der Waals surface area contributed by atoms with Crippen LogP contribution in [0.4, 0.5) is 0 Å². The summed E-state index contributed by atoms with van der Waals surface area (Å²) in [6.45, 7) is 5.46. The van der Waals surface area contributed by atoms with E-state index in [0.29, 0.717) is 12.4 Å². The standard InChI is InChI=1S/C16H20N4O2/c1-10-3-4-11(2)13(7-10)20-16(12-5-6-22-9-12)18-15(19-20)8-14(17)21/h3-4,7,12H,5-6,8-9H2,1-2H3,(H2,17,21)/t12-/m1/s1. The van der Waals surface area contributed by atoms with Gasteiger partial charge in [-0.25, -0.2) is 9.67 Å². The number of benzene rings is 1. The van der Waals surface area contributed by atoms with E-state index in [2.05, 4.69) is 28.3 Å². The third-order valence-corrected chi connectivity index (χ3v) is 3.90. The molecule has 2 heterocycles. The summed E-state index contributed by atoms with van der Waals surface area (Å²) in [6, 6.07) is 6.21. The Morgan fingerprint density at radius 2 is 2.27 bits per heavy atom. The van der Waals surface area contributed by atoms with E-state index in [1.165, 1.54) is 0 Å². The van der Waals surface area contributed by atoms with Crippen LogP contribution in [0.25, 0.3) is 5.69 Å². The van der Waals surface area contributed by atoms with Crippen molar-refractivity contribution in [3.63, 3.8) is 0 Å². The molecule has 0 unspecified atom stereocenters. The summed E-state index contributed by atoms with van der Waals surface area (Å²) in [6.07, 6.45) is 0.970. The Morgan fingerprint density at radius 1 is 1.45 bits per heavy atom. The van der Waals surface area contributed by atoms with Crippen LogP contribution in [-0.4, -0.2) is 33.9 Å². The first-order chi connectivity index (χ1) is 10.5. The minimum atomic E-state index is -0.424. The maximum Gasteiger partial charge on any atom is 0.225 e. The van der Waals surface area contributed by atoms with Gasteiger partial charge >= 0.3 is 0 Å². The van der Waals surface area contributed by atoms with Gasteiger partial charge < -0.3 is 10.5 Å². The maximum atomic E-state index is 11.2. The normalized spacial score (nSPS) is 17.8. The molecule has 0 spiro atoms. The summed E-state index contributed by atoms with van der Waals surface area (Å²) in [7, 11) is 0. The second-order valence-electron chi connectivity index (χ2n) is 5.79. The SMILES string of the molecule is Cc1ccc(C)c(-n2nc(CC(N)=O)nc2[C@@H]2CCOC2)c1. The summed E-state index contributed by atoms with van der Waals surface area (Å²) >= 11 is 0. The number of aryl methyl sites for hydroxylation is 2. The van der Waals surface area contributed by atoms with Gasteiger partial charge in [-0.1, -0.05) is 12.1 Å². The van der Waals surface area contributed by atoms with E-state index in [1.54, 1.807) is 0 Å². The minimum absolute atomic E-state index is 0.0540. The molecule has 1 amide bonds. The lowest BCUT2D eigenvalue weighted by molar-refractivity contribution is -0.117. The molecule has 0 aliphatic carbocycles. The van der Waals surface area contributed by atoms with Crippen LogP contribution in [0.1, 0.15) is 35.1 Å². The van der Waals surface area contributed by atoms with Crippen molar-refractivity contribution in [2.45, 2.75) is 32.6 Å². The molecule has 2 aromatic rings. The van der Waals surface area contributed by atoms with Gasteiger partial charge in [-0.15, -0.1) is 0 Å². The third-order valence-electron chi connectivity index (χ3n) is 3.90. The van der Waals surface area contributed by atoms with Crippen molar-refractivity contribution in [3.05, 3.63) is 41.0 Å². The number of rotatable bonds is 4. The van der Waals surface area contributed by atoms with Gasteiger partial charge in [-0.05, 0) is 37.5 Å². The molecule has 116 valence electrons. The number of primary amides is 1. The molecule has 6 nitrogen and oxygen atoms in total. The first-order valence-electron chi connectivity index (χ1n) is 7.44. The Kier molecular flexibility index (Phi) is 3.94. The van der Waals surface area contributed by atoms with Crippen LogP contribution in [0, 0.1) is 13.8 Å². The lowest BCUT2D eigenvalue weighted by atomic mass is 10.1. The number of amides is 1. The molecule has 3 rings (SSSR count). The summed E-state index contributed by atoms with van der Waals surface area (Å²) in [5.41, 5.74) is 8.53. The molecule has 0 saturated carbocycles. The number of hydrogen-bond acceptors (Lipinski definition) is 4. The molecule has 0 bridgehead atoms. The molecule has 1 atom stereocenters. The van der Waals surface area contributed by atoms with Crippen LogP contribution in [0.3, 0.4) is 0 Å². The fourth-order valence-electron chi connectivity index (χ4n) is 2.73. The second-order valence-corrected chi connectivity index (χ2v) is 5.79. The number of carbonyl (C=O) groups excluding carboxylic acids is 1. The van der Waals surface area contributed by atoms with Crippen LogP contribution in [0.5, 0.6) is 0 Å². The quantitative estimate of drug-likeness (QED) is 0.925. The highest BCUT2D eigenvalue weighted by Gasteiger charge is 2.26. The Hall–Kier alpha value is -2.21. The molecule has 1 aliphatic heterocycles. The van der Waals surface area contributed by atoms with Crippen LogP contribution < -0.4 is 5.73 Å². The molecular formula is C16H20N4O2. The molecule has 1 saturated heterocycles. The zero-order valence-corrected chi connectivity index (χ0v) is 12.9. The van der Waals surface area contributed by atoms with Crippen LogP contribution in [0.2, 0.25) is 0 Å². The molecule has 1 aliphatic rings. The van der Waals surface area contributed by atoms with Crippen LogP contribution in [-0.2, 0) is 16.0 Å². The van der Waals surface area contributed by atoms with Gasteiger partial charge in [-0.2, -0.15) is 5.10 Å². The molecule has 1 fully saturated rings. The summed E-state index contributed by atoms with van der Waals surface area (Å²) in [5.74, 6) is 1.10. The average Bonchev–Trinajstić information content (AvgIpc) is 3.09. The number of carbonyl (C=O) groups is 1. The van der Waals surface area contributed by atoms with E-state index in [4.69, 9.17) is 10.5 Å². The zero-order chi connectivity index (χ0) is 15.7. The first-order valence-corrected chi connectivity index (χ1v) is 7.44. The smallest absolute Gasteiger partial charge is 0.225 e. The topological polar surface area (TPSA) is 83.0 Å². The number of hydrogen-bond donors (Lipinski definition) is 1. The van der Waals surface area contributed by atoms with E-state index in [1.807, 2.05) is 18.5 Å². The predicted molar refractivity (Wildman–Crippen MR) is 81.9 cm³/mol. The molecule has 1 aromatic heterocycles. The lowest BCUT2D eigenvalue weighted by Gasteiger charge is -2.12. The molecular weight excluding hydrogens is 280 g/mol. The summed E-state index contributed by atoms with van der Waals surface area (Å²) < 4.78 is 7.32. The Bertz CT molecular complexity index is 702. The number of nitrogens with zero attached hydrogens (tertiary/aromatic N) is 3. The van der Waals surface area contributed by atoms with Crippen molar-refractivity contribution in [2.24, 2.45) is 5.73 Å². The fourth-order valence-corrected chi connectivity index (χ4v) is 2.73. The lowest BCUT2D eigenvalue weighted by Crippen LogP contribution is -2.14. The maximum absolute atomic E-state index is 11.2.